The van der Waals surface area contributed by atoms with Crippen molar-refractivity contribution in [2.45, 2.75) is 6.04 Å². The van der Waals surface area contributed by atoms with E-state index in [9.17, 15) is 5.26 Å². The zero-order chi connectivity index (χ0) is 21.1. The summed E-state index contributed by atoms with van der Waals surface area (Å²) >= 11 is 0. The molecule has 0 fully saturated rings. The molecule has 0 amide bonds. The van der Waals surface area contributed by atoms with E-state index in [0.29, 0.717) is 17.1 Å². The van der Waals surface area contributed by atoms with Crippen molar-refractivity contribution in [3.05, 3.63) is 71.3 Å². The molecule has 3 aromatic rings. The molecular formula is C21H16N8O. The summed E-state index contributed by atoms with van der Waals surface area (Å²) in [6.45, 7) is 0. The van der Waals surface area contributed by atoms with E-state index >= 15 is 0 Å². The molecule has 0 saturated carbocycles. The van der Waals surface area contributed by atoms with Crippen molar-refractivity contribution in [1.82, 2.24) is 10.3 Å². The van der Waals surface area contributed by atoms with Gasteiger partial charge in [-0.1, -0.05) is 30.3 Å². The number of nitrogens with one attached hydrogen (secondary N) is 2. The lowest BCUT2D eigenvalue weighted by molar-refractivity contribution is 0.482. The highest BCUT2D eigenvalue weighted by molar-refractivity contribution is 5.98. The first-order chi connectivity index (χ1) is 14.6. The van der Waals surface area contributed by atoms with Crippen LogP contribution in [0.25, 0.3) is 0 Å². The van der Waals surface area contributed by atoms with Gasteiger partial charge in [-0.05, 0) is 29.8 Å². The lowest BCUT2D eigenvalue weighted by atomic mass is 9.95. The van der Waals surface area contributed by atoms with Crippen molar-refractivity contribution in [3.8, 4) is 23.8 Å². The summed E-state index contributed by atoms with van der Waals surface area (Å²) in [5.41, 5.74) is 13.7. The second-order valence-corrected chi connectivity index (χ2v) is 6.39. The Balaban J connectivity index is 1.74. The summed E-state index contributed by atoms with van der Waals surface area (Å²) in [6.07, 6.45) is 1.82. The van der Waals surface area contributed by atoms with Crippen molar-refractivity contribution < 1.29 is 4.74 Å². The standard InChI is InChI=1S/C21H16N8O/c22-10-15-17(24)16-18(27-21(26-11-23)29-20(16)28-19(15)25)12-6-8-14(9-7-12)30-13-4-2-1-3-5-13/h1-9,18H,(H6,24,25,26,27,28,29). The predicted molar refractivity (Wildman–Crippen MR) is 112 cm³/mol. The maximum absolute atomic E-state index is 9.39. The van der Waals surface area contributed by atoms with E-state index < -0.39 is 6.04 Å². The van der Waals surface area contributed by atoms with Crippen LogP contribution in [-0.4, -0.2) is 10.9 Å². The maximum Gasteiger partial charge on any atom is 0.211 e. The van der Waals surface area contributed by atoms with Gasteiger partial charge in [0.05, 0.1) is 5.69 Å². The van der Waals surface area contributed by atoms with Crippen LogP contribution in [0.3, 0.4) is 0 Å². The zero-order valence-electron chi connectivity index (χ0n) is 15.6. The number of nitrogens with two attached hydrogens (primary N) is 2. The van der Waals surface area contributed by atoms with Crippen LogP contribution in [0.15, 0.2) is 59.6 Å². The SMILES string of the molecule is N#CNC1=NC(c2ccc(Oc3ccccc3)cc2)c2c(nc(N)c(C#N)c2N)N1. The lowest BCUT2D eigenvalue weighted by Gasteiger charge is -2.26. The van der Waals surface area contributed by atoms with Crippen LogP contribution in [0, 0.1) is 22.8 Å². The third-order valence-corrected chi connectivity index (χ3v) is 4.53. The number of nitriles is 2. The van der Waals surface area contributed by atoms with Crippen LogP contribution >= 0.6 is 0 Å². The fourth-order valence-corrected chi connectivity index (χ4v) is 3.16. The van der Waals surface area contributed by atoms with E-state index in [-0.39, 0.29) is 23.0 Å². The van der Waals surface area contributed by atoms with Crippen molar-refractivity contribution in [1.29, 1.82) is 10.5 Å². The molecule has 146 valence electrons. The molecule has 30 heavy (non-hydrogen) atoms. The summed E-state index contributed by atoms with van der Waals surface area (Å²) < 4.78 is 5.83. The van der Waals surface area contributed by atoms with E-state index in [0.717, 1.165) is 11.3 Å². The first-order valence-corrected chi connectivity index (χ1v) is 8.92. The number of pyridine rings is 1. The maximum atomic E-state index is 9.39. The van der Waals surface area contributed by atoms with E-state index in [1.165, 1.54) is 0 Å². The van der Waals surface area contributed by atoms with Gasteiger partial charge in [0.25, 0.3) is 0 Å². The van der Waals surface area contributed by atoms with E-state index in [2.05, 4.69) is 20.6 Å². The number of hydrogen-bond acceptors (Lipinski definition) is 9. The number of rotatable bonds is 3. The molecule has 1 atom stereocenters. The third-order valence-electron chi connectivity index (χ3n) is 4.53. The molecule has 0 aliphatic carbocycles. The minimum atomic E-state index is -0.594. The minimum Gasteiger partial charge on any atom is -0.457 e. The average Bonchev–Trinajstić information content (AvgIpc) is 2.75. The van der Waals surface area contributed by atoms with Gasteiger partial charge in [-0.2, -0.15) is 10.5 Å². The van der Waals surface area contributed by atoms with Crippen LogP contribution in [0.5, 0.6) is 11.5 Å². The van der Waals surface area contributed by atoms with Gasteiger partial charge in [-0.3, -0.25) is 5.32 Å². The first kappa shape index (κ1) is 18.6. The summed E-state index contributed by atoms with van der Waals surface area (Å²) in [5, 5.41) is 23.7. The van der Waals surface area contributed by atoms with Gasteiger partial charge in [0, 0.05) is 5.56 Å². The molecule has 9 nitrogen and oxygen atoms in total. The Hall–Kier alpha value is -4.76. The monoisotopic (exact) mass is 396 g/mol. The normalized spacial score (nSPS) is 14.3. The van der Waals surface area contributed by atoms with Crippen molar-refractivity contribution >= 4 is 23.3 Å². The van der Waals surface area contributed by atoms with Gasteiger partial charge in [-0.25, -0.2) is 9.98 Å². The number of aromatic nitrogens is 1. The number of para-hydroxylation sites is 1. The third kappa shape index (κ3) is 3.39. The highest BCUT2D eigenvalue weighted by Gasteiger charge is 2.29. The number of ether oxygens (including phenoxy) is 1. The van der Waals surface area contributed by atoms with Crippen LogP contribution in [0.1, 0.15) is 22.7 Å². The molecule has 1 unspecified atom stereocenters. The van der Waals surface area contributed by atoms with Gasteiger partial charge >= 0.3 is 0 Å². The average molecular weight is 396 g/mol. The molecule has 1 aliphatic rings. The van der Waals surface area contributed by atoms with Crippen LogP contribution in [0.2, 0.25) is 0 Å². The fraction of sp³-hybridized carbons (Fsp3) is 0.0476. The van der Waals surface area contributed by atoms with Crippen molar-refractivity contribution in [3.63, 3.8) is 0 Å². The second kappa shape index (κ2) is 7.70. The molecule has 0 saturated heterocycles. The number of fused-ring (bicyclic) bond motifs is 1. The van der Waals surface area contributed by atoms with Crippen LogP contribution in [-0.2, 0) is 0 Å². The van der Waals surface area contributed by atoms with E-state index in [1.54, 1.807) is 0 Å². The molecule has 1 aromatic heterocycles. The quantitative estimate of drug-likeness (QED) is 0.388. The number of aliphatic imine (C=N–C) groups is 1. The summed E-state index contributed by atoms with van der Waals surface area (Å²) in [6, 6.07) is 18.1. The molecule has 0 bridgehead atoms. The second-order valence-electron chi connectivity index (χ2n) is 6.39. The molecule has 1 aliphatic heterocycles. The van der Waals surface area contributed by atoms with Crippen molar-refractivity contribution in [2.24, 2.45) is 4.99 Å². The number of benzene rings is 2. The van der Waals surface area contributed by atoms with Gasteiger partial charge < -0.3 is 21.5 Å². The number of nitrogens with zero attached hydrogens (tertiary/aromatic N) is 4. The first-order valence-electron chi connectivity index (χ1n) is 8.92. The Morgan fingerprint density at radius 1 is 1.00 bits per heavy atom. The van der Waals surface area contributed by atoms with E-state index in [1.807, 2.05) is 66.9 Å². The Labute approximate surface area is 172 Å². The van der Waals surface area contributed by atoms with Crippen LogP contribution in [0.4, 0.5) is 17.3 Å². The topological polar surface area (TPSA) is 158 Å². The fourth-order valence-electron chi connectivity index (χ4n) is 3.16. The molecular weight excluding hydrogens is 380 g/mol. The molecule has 9 heteroatoms. The van der Waals surface area contributed by atoms with E-state index in [4.69, 9.17) is 21.5 Å². The molecule has 2 heterocycles. The largest absolute Gasteiger partial charge is 0.457 e. The highest BCUT2D eigenvalue weighted by Crippen LogP contribution is 2.40. The summed E-state index contributed by atoms with van der Waals surface area (Å²) in [5.74, 6) is 1.92. The molecule has 6 N–H and O–H groups in total. The van der Waals surface area contributed by atoms with Gasteiger partial charge in [-0.15, -0.1) is 0 Å². The number of anilines is 3. The van der Waals surface area contributed by atoms with Gasteiger partial charge in [0.15, 0.2) is 6.19 Å². The molecule has 0 spiro atoms. The summed E-state index contributed by atoms with van der Waals surface area (Å²) in [4.78, 5) is 8.76. The molecule has 2 aromatic carbocycles. The summed E-state index contributed by atoms with van der Waals surface area (Å²) in [7, 11) is 0. The van der Waals surface area contributed by atoms with Crippen molar-refractivity contribution in [2.75, 3.05) is 16.8 Å². The van der Waals surface area contributed by atoms with Gasteiger partial charge in [0.2, 0.25) is 5.96 Å². The smallest absolute Gasteiger partial charge is 0.211 e. The van der Waals surface area contributed by atoms with Crippen LogP contribution < -0.4 is 26.8 Å². The van der Waals surface area contributed by atoms with Gasteiger partial charge in [0.1, 0.15) is 40.8 Å². The molecule has 0 radical (unpaired) electrons. The number of guanidine groups is 1. The number of nitrogen functional groups attached to an aromatic ring is 2. The Bertz CT molecular complexity index is 1210. The lowest BCUT2D eigenvalue weighted by Crippen LogP contribution is -2.32. The number of hydrogen-bond donors (Lipinski definition) is 4. The Kier molecular flexibility index (Phi) is 4.77. The zero-order valence-corrected chi connectivity index (χ0v) is 15.6. The highest BCUT2D eigenvalue weighted by atomic mass is 16.5. The Morgan fingerprint density at radius 2 is 1.70 bits per heavy atom. The molecule has 4 rings (SSSR count). The minimum absolute atomic E-state index is 0.00446. The Morgan fingerprint density at radius 3 is 2.37 bits per heavy atom. The predicted octanol–water partition coefficient (Wildman–Crippen LogP) is 2.85.